The lowest BCUT2D eigenvalue weighted by atomic mass is 10.2. The predicted octanol–water partition coefficient (Wildman–Crippen LogP) is 2.79. The van der Waals surface area contributed by atoms with Gasteiger partial charge in [-0.15, -0.1) is 0 Å². The van der Waals surface area contributed by atoms with Crippen LogP contribution in [0.2, 0.25) is 0 Å². The number of rotatable bonds is 4. The second-order valence-corrected chi connectivity index (χ2v) is 4.68. The molecule has 0 aromatic carbocycles. The standard InChI is InChI=1S/C14H15N3O3/c1-8(2)13-16-9(3)4-12(17-13)20-11-5-10(14(18)19)6-15-7-11/h4-8H,1-3H3,(H,18,19). The first-order chi connectivity index (χ1) is 9.45. The molecule has 0 aliphatic rings. The van der Waals surface area contributed by atoms with E-state index in [0.717, 1.165) is 5.69 Å². The number of pyridine rings is 1. The number of aryl methyl sites for hydroxylation is 1. The number of carbonyl (C=O) groups is 1. The Balaban J connectivity index is 2.30. The van der Waals surface area contributed by atoms with Gasteiger partial charge in [-0.1, -0.05) is 13.8 Å². The van der Waals surface area contributed by atoms with E-state index in [1.165, 1.54) is 18.5 Å². The highest BCUT2D eigenvalue weighted by atomic mass is 16.5. The number of nitrogens with zero attached hydrogens (tertiary/aromatic N) is 3. The van der Waals surface area contributed by atoms with Crippen molar-refractivity contribution < 1.29 is 14.6 Å². The molecule has 0 aliphatic heterocycles. The van der Waals surface area contributed by atoms with E-state index >= 15 is 0 Å². The maximum absolute atomic E-state index is 10.9. The molecule has 0 radical (unpaired) electrons. The monoisotopic (exact) mass is 273 g/mol. The van der Waals surface area contributed by atoms with Crippen LogP contribution in [-0.4, -0.2) is 26.0 Å². The summed E-state index contributed by atoms with van der Waals surface area (Å²) in [6, 6.07) is 3.10. The topological polar surface area (TPSA) is 85.2 Å². The number of hydrogen-bond donors (Lipinski definition) is 1. The second kappa shape index (κ2) is 5.64. The molecule has 104 valence electrons. The summed E-state index contributed by atoms with van der Waals surface area (Å²) in [7, 11) is 0. The third-order valence-electron chi connectivity index (χ3n) is 2.55. The lowest BCUT2D eigenvalue weighted by Gasteiger charge is -2.09. The molecule has 0 spiro atoms. The molecule has 2 rings (SSSR count). The van der Waals surface area contributed by atoms with Gasteiger partial charge in [-0.25, -0.2) is 9.78 Å². The number of ether oxygens (including phenoxy) is 1. The van der Waals surface area contributed by atoms with Crippen molar-refractivity contribution >= 4 is 5.97 Å². The first-order valence-corrected chi connectivity index (χ1v) is 6.17. The Morgan fingerprint density at radius 1 is 1.25 bits per heavy atom. The molecule has 0 fully saturated rings. The quantitative estimate of drug-likeness (QED) is 0.921. The van der Waals surface area contributed by atoms with Crippen LogP contribution in [0.25, 0.3) is 0 Å². The SMILES string of the molecule is Cc1cc(Oc2cncc(C(=O)O)c2)nc(C(C)C)n1. The summed E-state index contributed by atoms with van der Waals surface area (Å²) in [6.07, 6.45) is 2.71. The Kier molecular flexibility index (Phi) is 3.93. The molecule has 0 unspecified atom stereocenters. The fraction of sp³-hybridized carbons (Fsp3) is 0.286. The Bertz CT molecular complexity index is 641. The van der Waals surface area contributed by atoms with E-state index in [0.29, 0.717) is 17.5 Å². The summed E-state index contributed by atoms with van der Waals surface area (Å²) in [4.78, 5) is 23.3. The van der Waals surface area contributed by atoms with Gasteiger partial charge in [-0.05, 0) is 13.0 Å². The van der Waals surface area contributed by atoms with Crippen LogP contribution in [0.4, 0.5) is 0 Å². The maximum atomic E-state index is 10.9. The van der Waals surface area contributed by atoms with Crippen molar-refractivity contribution in [2.75, 3.05) is 0 Å². The Labute approximate surface area is 116 Å². The Morgan fingerprint density at radius 3 is 2.65 bits per heavy atom. The van der Waals surface area contributed by atoms with Gasteiger partial charge >= 0.3 is 5.97 Å². The van der Waals surface area contributed by atoms with Crippen molar-refractivity contribution in [3.8, 4) is 11.6 Å². The van der Waals surface area contributed by atoms with Gasteiger partial charge in [0.15, 0.2) is 0 Å². The van der Waals surface area contributed by atoms with Gasteiger partial charge in [0.1, 0.15) is 11.6 Å². The highest BCUT2D eigenvalue weighted by molar-refractivity contribution is 5.87. The number of hydrogen-bond acceptors (Lipinski definition) is 5. The summed E-state index contributed by atoms with van der Waals surface area (Å²) in [5.41, 5.74) is 0.860. The molecule has 0 aliphatic carbocycles. The zero-order chi connectivity index (χ0) is 14.7. The minimum Gasteiger partial charge on any atom is -0.478 e. The summed E-state index contributed by atoms with van der Waals surface area (Å²) < 4.78 is 5.56. The highest BCUT2D eigenvalue weighted by Crippen LogP contribution is 2.22. The minimum atomic E-state index is -1.05. The molecule has 0 amide bonds. The normalized spacial score (nSPS) is 10.6. The number of carboxylic acid groups (broad SMARTS) is 1. The smallest absolute Gasteiger partial charge is 0.337 e. The number of carboxylic acids is 1. The lowest BCUT2D eigenvalue weighted by molar-refractivity contribution is 0.0696. The fourth-order valence-electron chi connectivity index (χ4n) is 1.58. The van der Waals surface area contributed by atoms with Crippen molar-refractivity contribution in [2.24, 2.45) is 0 Å². The van der Waals surface area contributed by atoms with E-state index in [-0.39, 0.29) is 11.5 Å². The van der Waals surface area contributed by atoms with Gasteiger partial charge in [0.2, 0.25) is 5.88 Å². The molecule has 0 bridgehead atoms. The Morgan fingerprint density at radius 2 is 2.00 bits per heavy atom. The molecule has 0 saturated carbocycles. The first kappa shape index (κ1) is 13.9. The van der Waals surface area contributed by atoms with E-state index in [4.69, 9.17) is 9.84 Å². The van der Waals surface area contributed by atoms with E-state index in [9.17, 15) is 4.79 Å². The summed E-state index contributed by atoms with van der Waals surface area (Å²) in [5.74, 6) is 0.524. The van der Waals surface area contributed by atoms with Gasteiger partial charge in [-0.3, -0.25) is 4.98 Å². The van der Waals surface area contributed by atoms with Gasteiger partial charge in [0.25, 0.3) is 0 Å². The van der Waals surface area contributed by atoms with Crippen LogP contribution in [0.15, 0.2) is 24.5 Å². The second-order valence-electron chi connectivity index (χ2n) is 4.68. The summed E-state index contributed by atoms with van der Waals surface area (Å²) in [6.45, 7) is 5.84. The molecule has 6 nitrogen and oxygen atoms in total. The van der Waals surface area contributed by atoms with Crippen LogP contribution in [0.1, 0.15) is 41.6 Å². The zero-order valence-corrected chi connectivity index (χ0v) is 11.5. The maximum Gasteiger partial charge on any atom is 0.337 e. The third kappa shape index (κ3) is 3.28. The van der Waals surface area contributed by atoms with Crippen LogP contribution in [0.5, 0.6) is 11.6 Å². The predicted molar refractivity (Wildman–Crippen MR) is 72.1 cm³/mol. The van der Waals surface area contributed by atoms with Crippen LogP contribution in [0, 0.1) is 6.92 Å². The largest absolute Gasteiger partial charge is 0.478 e. The summed E-state index contributed by atoms with van der Waals surface area (Å²) >= 11 is 0. The number of aromatic nitrogens is 3. The van der Waals surface area contributed by atoms with Crippen molar-refractivity contribution in [2.45, 2.75) is 26.7 Å². The van der Waals surface area contributed by atoms with Crippen molar-refractivity contribution in [3.05, 3.63) is 41.6 Å². The van der Waals surface area contributed by atoms with Crippen LogP contribution >= 0.6 is 0 Å². The van der Waals surface area contributed by atoms with Crippen LogP contribution in [0.3, 0.4) is 0 Å². The lowest BCUT2D eigenvalue weighted by Crippen LogP contribution is -2.02. The van der Waals surface area contributed by atoms with E-state index < -0.39 is 5.97 Å². The van der Waals surface area contributed by atoms with Crippen molar-refractivity contribution in [1.29, 1.82) is 0 Å². The van der Waals surface area contributed by atoms with Crippen LogP contribution in [-0.2, 0) is 0 Å². The average Bonchev–Trinajstić information content (AvgIpc) is 2.38. The van der Waals surface area contributed by atoms with Gasteiger partial charge in [-0.2, -0.15) is 4.98 Å². The van der Waals surface area contributed by atoms with Gasteiger partial charge in [0.05, 0.1) is 11.8 Å². The molecule has 2 heterocycles. The van der Waals surface area contributed by atoms with Gasteiger partial charge in [0, 0.05) is 23.9 Å². The third-order valence-corrected chi connectivity index (χ3v) is 2.55. The average molecular weight is 273 g/mol. The highest BCUT2D eigenvalue weighted by Gasteiger charge is 2.09. The Hall–Kier alpha value is -2.50. The van der Waals surface area contributed by atoms with E-state index in [2.05, 4.69) is 15.0 Å². The molecular formula is C14H15N3O3. The first-order valence-electron chi connectivity index (χ1n) is 6.17. The summed E-state index contributed by atoms with van der Waals surface area (Å²) in [5, 5.41) is 8.92. The minimum absolute atomic E-state index is 0.0670. The molecule has 0 atom stereocenters. The van der Waals surface area contributed by atoms with Crippen molar-refractivity contribution in [3.63, 3.8) is 0 Å². The van der Waals surface area contributed by atoms with E-state index in [1.54, 1.807) is 6.07 Å². The molecule has 6 heteroatoms. The number of aromatic carboxylic acids is 1. The fourth-order valence-corrected chi connectivity index (χ4v) is 1.58. The molecule has 20 heavy (non-hydrogen) atoms. The van der Waals surface area contributed by atoms with Gasteiger partial charge < -0.3 is 9.84 Å². The molecule has 0 saturated heterocycles. The molecule has 2 aromatic heterocycles. The van der Waals surface area contributed by atoms with Crippen LogP contribution < -0.4 is 4.74 Å². The zero-order valence-electron chi connectivity index (χ0n) is 11.5. The molecule has 1 N–H and O–H groups in total. The van der Waals surface area contributed by atoms with Crippen molar-refractivity contribution in [1.82, 2.24) is 15.0 Å². The molecule has 2 aromatic rings. The van der Waals surface area contributed by atoms with E-state index in [1.807, 2.05) is 20.8 Å². The molecular weight excluding hydrogens is 258 g/mol.